The van der Waals surface area contributed by atoms with Gasteiger partial charge in [0.25, 0.3) is 0 Å². The molecule has 0 unspecified atom stereocenters. The van der Waals surface area contributed by atoms with E-state index in [2.05, 4.69) is 18.5 Å². The molecule has 1 aliphatic rings. The zero-order valence-electron chi connectivity index (χ0n) is 9.65. The Bertz CT molecular complexity index is 227. The minimum Gasteiger partial charge on any atom is -0.335 e. The van der Waals surface area contributed by atoms with Gasteiger partial charge in [0.2, 0.25) is 5.91 Å². The van der Waals surface area contributed by atoms with E-state index in [1.165, 1.54) is 0 Å². The Labute approximate surface area is 104 Å². The van der Waals surface area contributed by atoms with Crippen molar-refractivity contribution in [2.75, 3.05) is 26.2 Å². The van der Waals surface area contributed by atoms with Gasteiger partial charge < -0.3 is 10.2 Å². The molecule has 1 rings (SSSR count). The van der Waals surface area contributed by atoms with Crippen LogP contribution in [0.4, 0.5) is 0 Å². The predicted molar refractivity (Wildman–Crippen MR) is 69.8 cm³/mol. The van der Waals surface area contributed by atoms with Gasteiger partial charge >= 0.3 is 0 Å². The summed E-state index contributed by atoms with van der Waals surface area (Å²) in [5.74, 6) is 0.362. The summed E-state index contributed by atoms with van der Waals surface area (Å²) >= 11 is 0. The summed E-state index contributed by atoms with van der Waals surface area (Å²) in [6, 6.07) is 0. The Hall–Kier alpha value is -0.800. The van der Waals surface area contributed by atoms with Crippen molar-refractivity contribution < 1.29 is 4.79 Å². The second kappa shape index (κ2) is 8.36. The first-order valence-electron chi connectivity index (χ1n) is 5.51. The molecule has 4 heteroatoms. The molecule has 0 spiro atoms. The maximum atomic E-state index is 12.1. The number of carbonyl (C=O) groups excluding carboxylic acids is 1. The van der Waals surface area contributed by atoms with Gasteiger partial charge in [0, 0.05) is 19.6 Å². The number of piperidine rings is 1. The van der Waals surface area contributed by atoms with Crippen LogP contribution in [0.15, 0.2) is 25.3 Å². The van der Waals surface area contributed by atoms with Crippen LogP contribution in [0.1, 0.15) is 12.8 Å². The minimum atomic E-state index is 0. The quantitative estimate of drug-likeness (QED) is 0.746. The fourth-order valence-electron chi connectivity index (χ4n) is 1.89. The zero-order chi connectivity index (χ0) is 11.1. The van der Waals surface area contributed by atoms with Crippen LogP contribution in [0, 0.1) is 5.92 Å². The number of nitrogens with one attached hydrogen (secondary N) is 1. The van der Waals surface area contributed by atoms with E-state index in [4.69, 9.17) is 0 Å². The van der Waals surface area contributed by atoms with Gasteiger partial charge in [-0.05, 0) is 19.4 Å². The highest BCUT2D eigenvalue weighted by atomic mass is 35.5. The molecule has 1 aliphatic heterocycles. The number of amides is 1. The topological polar surface area (TPSA) is 32.3 Å². The van der Waals surface area contributed by atoms with Crippen LogP contribution in [0.25, 0.3) is 0 Å². The lowest BCUT2D eigenvalue weighted by Crippen LogP contribution is -2.43. The molecule has 1 fully saturated rings. The molecule has 3 nitrogen and oxygen atoms in total. The molecular formula is C12H21ClN2O. The summed E-state index contributed by atoms with van der Waals surface area (Å²) < 4.78 is 0. The molecule has 0 radical (unpaired) electrons. The summed E-state index contributed by atoms with van der Waals surface area (Å²) in [7, 11) is 0. The molecule has 0 saturated carbocycles. The van der Waals surface area contributed by atoms with E-state index in [-0.39, 0.29) is 24.2 Å². The third kappa shape index (κ3) is 4.37. The number of rotatable bonds is 5. The van der Waals surface area contributed by atoms with E-state index in [1.807, 2.05) is 0 Å². The summed E-state index contributed by atoms with van der Waals surface area (Å²) in [6.07, 6.45) is 5.61. The Morgan fingerprint density at radius 1 is 1.38 bits per heavy atom. The third-order valence-electron chi connectivity index (χ3n) is 2.66. The average Bonchev–Trinajstić information content (AvgIpc) is 2.29. The highest BCUT2D eigenvalue weighted by molar-refractivity contribution is 5.85. The van der Waals surface area contributed by atoms with Crippen molar-refractivity contribution in [1.82, 2.24) is 10.2 Å². The molecule has 0 aromatic rings. The summed E-state index contributed by atoms with van der Waals surface area (Å²) in [5.41, 5.74) is 0. The van der Waals surface area contributed by atoms with Gasteiger partial charge in [0.1, 0.15) is 0 Å². The second-order valence-corrected chi connectivity index (χ2v) is 3.86. The van der Waals surface area contributed by atoms with Crippen LogP contribution in [0.3, 0.4) is 0 Å². The monoisotopic (exact) mass is 244 g/mol. The summed E-state index contributed by atoms with van der Waals surface area (Å²) in [4.78, 5) is 13.9. The summed E-state index contributed by atoms with van der Waals surface area (Å²) in [5, 5.41) is 3.26. The highest BCUT2D eigenvalue weighted by Crippen LogP contribution is 2.13. The van der Waals surface area contributed by atoms with Crippen LogP contribution in [0.5, 0.6) is 0 Å². The number of carbonyl (C=O) groups is 1. The largest absolute Gasteiger partial charge is 0.335 e. The van der Waals surface area contributed by atoms with Gasteiger partial charge in [0.05, 0.1) is 5.92 Å². The molecule has 0 aliphatic carbocycles. The van der Waals surface area contributed by atoms with Crippen LogP contribution >= 0.6 is 12.4 Å². The molecule has 1 N–H and O–H groups in total. The maximum absolute atomic E-state index is 12.1. The van der Waals surface area contributed by atoms with Gasteiger partial charge in [-0.25, -0.2) is 0 Å². The Morgan fingerprint density at radius 3 is 2.44 bits per heavy atom. The second-order valence-electron chi connectivity index (χ2n) is 3.86. The molecule has 0 bridgehead atoms. The Kier molecular flexibility index (Phi) is 7.95. The van der Waals surface area contributed by atoms with Gasteiger partial charge in [-0.2, -0.15) is 0 Å². The first-order valence-corrected chi connectivity index (χ1v) is 5.51. The Morgan fingerprint density at radius 2 is 2.00 bits per heavy atom. The lowest BCUT2D eigenvalue weighted by Gasteiger charge is -2.28. The van der Waals surface area contributed by atoms with Crippen molar-refractivity contribution in [2.24, 2.45) is 5.92 Å². The zero-order valence-corrected chi connectivity index (χ0v) is 10.5. The van der Waals surface area contributed by atoms with Crippen molar-refractivity contribution in [3.05, 3.63) is 25.3 Å². The maximum Gasteiger partial charge on any atom is 0.227 e. The molecular weight excluding hydrogens is 224 g/mol. The van der Waals surface area contributed by atoms with Crippen molar-refractivity contribution in [2.45, 2.75) is 12.8 Å². The molecule has 1 heterocycles. The standard InChI is InChI=1S/C12H20N2O.ClH/c1-3-8-14(9-4-2)12(15)11-6-5-7-13-10-11;/h3-4,11,13H,1-2,5-10H2;1H/t11-;/m1./s1. The number of halogens is 1. The molecule has 0 aromatic heterocycles. The van der Waals surface area contributed by atoms with Crippen molar-refractivity contribution in [1.29, 1.82) is 0 Å². The van der Waals surface area contributed by atoms with Crippen molar-refractivity contribution in [3.63, 3.8) is 0 Å². The number of nitrogens with zero attached hydrogens (tertiary/aromatic N) is 1. The fraction of sp³-hybridized carbons (Fsp3) is 0.583. The molecule has 1 amide bonds. The van der Waals surface area contributed by atoms with Gasteiger partial charge in [-0.3, -0.25) is 4.79 Å². The number of hydrogen-bond acceptors (Lipinski definition) is 2. The van der Waals surface area contributed by atoms with E-state index < -0.39 is 0 Å². The number of hydrogen-bond donors (Lipinski definition) is 1. The van der Waals surface area contributed by atoms with E-state index in [0.29, 0.717) is 13.1 Å². The van der Waals surface area contributed by atoms with Crippen LogP contribution in [-0.2, 0) is 4.79 Å². The van der Waals surface area contributed by atoms with E-state index in [0.717, 1.165) is 25.9 Å². The molecule has 16 heavy (non-hydrogen) atoms. The smallest absolute Gasteiger partial charge is 0.227 e. The van der Waals surface area contributed by atoms with Gasteiger partial charge in [-0.1, -0.05) is 12.2 Å². The average molecular weight is 245 g/mol. The van der Waals surface area contributed by atoms with E-state index >= 15 is 0 Å². The lowest BCUT2D eigenvalue weighted by atomic mass is 9.98. The SMILES string of the molecule is C=CCN(CC=C)C(=O)[C@@H]1CCCNC1.Cl. The van der Waals surface area contributed by atoms with Crippen molar-refractivity contribution >= 4 is 18.3 Å². The lowest BCUT2D eigenvalue weighted by molar-refractivity contribution is -0.135. The van der Waals surface area contributed by atoms with Crippen LogP contribution in [-0.4, -0.2) is 37.0 Å². The van der Waals surface area contributed by atoms with Crippen LogP contribution < -0.4 is 5.32 Å². The molecule has 92 valence electrons. The first kappa shape index (κ1) is 15.2. The normalized spacial score (nSPS) is 19.4. The van der Waals surface area contributed by atoms with Gasteiger partial charge in [-0.15, -0.1) is 25.6 Å². The highest BCUT2D eigenvalue weighted by Gasteiger charge is 2.24. The minimum absolute atomic E-state index is 0. The van der Waals surface area contributed by atoms with E-state index in [9.17, 15) is 4.79 Å². The molecule has 1 atom stereocenters. The fourth-order valence-corrected chi connectivity index (χ4v) is 1.89. The molecule has 1 saturated heterocycles. The van der Waals surface area contributed by atoms with Crippen LogP contribution in [0.2, 0.25) is 0 Å². The van der Waals surface area contributed by atoms with Crippen molar-refractivity contribution in [3.8, 4) is 0 Å². The predicted octanol–water partition coefficient (Wildman–Crippen LogP) is 1.61. The first-order chi connectivity index (χ1) is 7.29. The Balaban J connectivity index is 0.00000225. The van der Waals surface area contributed by atoms with E-state index in [1.54, 1.807) is 17.1 Å². The summed E-state index contributed by atoms with van der Waals surface area (Å²) in [6.45, 7) is 10.4. The third-order valence-corrected chi connectivity index (χ3v) is 2.66. The van der Waals surface area contributed by atoms with Gasteiger partial charge in [0.15, 0.2) is 0 Å². The molecule has 0 aromatic carbocycles.